The lowest BCUT2D eigenvalue weighted by Crippen LogP contribution is -2.36. The average Bonchev–Trinajstić information content (AvgIpc) is 3.35. The van der Waals surface area contributed by atoms with Crippen LogP contribution in [-0.4, -0.2) is 51.6 Å². The van der Waals surface area contributed by atoms with Crippen LogP contribution in [0.25, 0.3) is 11.0 Å². The van der Waals surface area contributed by atoms with Crippen LogP contribution in [0, 0.1) is 5.82 Å². The molecule has 0 bridgehead atoms. The van der Waals surface area contributed by atoms with Crippen LogP contribution < -0.4 is 15.1 Å². The molecule has 2 aromatic carbocycles. The number of nitrogens with zero attached hydrogens (tertiary/aromatic N) is 2. The summed E-state index contributed by atoms with van der Waals surface area (Å²) in [5, 5.41) is 4.17. The first-order chi connectivity index (χ1) is 14.7. The Labute approximate surface area is 172 Å². The van der Waals surface area contributed by atoms with E-state index in [2.05, 4.69) is 5.32 Å². The molecule has 1 amide bonds. The van der Waals surface area contributed by atoms with Crippen molar-refractivity contribution in [3.63, 3.8) is 0 Å². The van der Waals surface area contributed by atoms with Crippen LogP contribution in [0.5, 0.6) is 0 Å². The fraction of sp³-hybridized carbons (Fsp3) is 0.318. The molecule has 8 heteroatoms. The number of halogens is 1. The minimum atomic E-state index is -0.482. The van der Waals surface area contributed by atoms with Crippen LogP contribution in [0.4, 0.5) is 26.4 Å². The molecule has 30 heavy (non-hydrogen) atoms. The SMILES string of the molecule is O=C1O[C@@H](CNc2cc3ccccc3o2)CN1c1ccc(N2CCOCC2)c(F)c1. The molecule has 0 aliphatic carbocycles. The number of cyclic esters (lactones) is 1. The van der Waals surface area contributed by atoms with Crippen LogP contribution in [0.2, 0.25) is 0 Å². The summed E-state index contributed by atoms with van der Waals surface area (Å²) in [6, 6.07) is 14.5. The Hall–Kier alpha value is -3.26. The Kier molecular flexibility index (Phi) is 4.92. The van der Waals surface area contributed by atoms with Gasteiger partial charge < -0.3 is 24.1 Å². The van der Waals surface area contributed by atoms with Crippen LogP contribution in [-0.2, 0) is 9.47 Å². The van der Waals surface area contributed by atoms with E-state index in [0.29, 0.717) is 56.7 Å². The van der Waals surface area contributed by atoms with Crippen LogP contribution in [0.1, 0.15) is 0 Å². The monoisotopic (exact) mass is 411 g/mol. The van der Waals surface area contributed by atoms with Gasteiger partial charge in [0.15, 0.2) is 5.88 Å². The van der Waals surface area contributed by atoms with Gasteiger partial charge in [-0.25, -0.2) is 9.18 Å². The number of hydrogen-bond acceptors (Lipinski definition) is 6. The summed E-state index contributed by atoms with van der Waals surface area (Å²) in [5.74, 6) is 0.262. The quantitative estimate of drug-likeness (QED) is 0.688. The van der Waals surface area contributed by atoms with Gasteiger partial charge in [-0.3, -0.25) is 4.90 Å². The van der Waals surface area contributed by atoms with Gasteiger partial charge in [0.1, 0.15) is 17.5 Å². The molecule has 0 radical (unpaired) electrons. The molecule has 1 atom stereocenters. The number of carbonyl (C=O) groups is 1. The second kappa shape index (κ2) is 7.87. The number of furan rings is 1. The normalized spacial score (nSPS) is 19.4. The van der Waals surface area contributed by atoms with Crippen molar-refractivity contribution < 1.29 is 23.1 Å². The number of ether oxygens (including phenoxy) is 2. The van der Waals surface area contributed by atoms with Crippen molar-refractivity contribution in [3.8, 4) is 0 Å². The van der Waals surface area contributed by atoms with E-state index in [-0.39, 0.29) is 11.9 Å². The number of morpholine rings is 1. The highest BCUT2D eigenvalue weighted by atomic mass is 19.1. The van der Waals surface area contributed by atoms with Crippen LogP contribution >= 0.6 is 0 Å². The van der Waals surface area contributed by atoms with Gasteiger partial charge in [0, 0.05) is 24.5 Å². The summed E-state index contributed by atoms with van der Waals surface area (Å²) in [6.45, 7) is 3.20. The lowest BCUT2D eigenvalue weighted by molar-refractivity contribution is 0.122. The maximum Gasteiger partial charge on any atom is 0.414 e. The van der Waals surface area contributed by atoms with E-state index in [0.717, 1.165) is 11.0 Å². The van der Waals surface area contributed by atoms with Crippen molar-refractivity contribution in [2.75, 3.05) is 54.5 Å². The van der Waals surface area contributed by atoms with Gasteiger partial charge in [0.25, 0.3) is 0 Å². The molecule has 1 aromatic heterocycles. The molecule has 3 heterocycles. The number of para-hydroxylation sites is 1. The smallest absolute Gasteiger partial charge is 0.414 e. The van der Waals surface area contributed by atoms with E-state index in [4.69, 9.17) is 13.9 Å². The molecule has 156 valence electrons. The number of nitrogens with one attached hydrogen (secondary N) is 1. The summed E-state index contributed by atoms with van der Waals surface area (Å²) in [6.07, 6.45) is -0.849. The first kappa shape index (κ1) is 18.7. The minimum Gasteiger partial charge on any atom is -0.442 e. The second-order valence-corrected chi connectivity index (χ2v) is 7.38. The van der Waals surface area contributed by atoms with Crippen molar-refractivity contribution in [3.05, 3.63) is 54.3 Å². The lowest BCUT2D eigenvalue weighted by Gasteiger charge is -2.29. The molecule has 2 fully saturated rings. The number of benzene rings is 2. The fourth-order valence-corrected chi connectivity index (χ4v) is 3.85. The number of carbonyl (C=O) groups excluding carboxylic acids is 1. The zero-order chi connectivity index (χ0) is 20.5. The lowest BCUT2D eigenvalue weighted by atomic mass is 10.2. The van der Waals surface area contributed by atoms with Gasteiger partial charge in [0.05, 0.1) is 37.7 Å². The number of rotatable bonds is 5. The van der Waals surface area contributed by atoms with E-state index in [9.17, 15) is 9.18 Å². The molecule has 7 nitrogen and oxygen atoms in total. The molecule has 1 N–H and O–H groups in total. The molecular weight excluding hydrogens is 389 g/mol. The first-order valence-electron chi connectivity index (χ1n) is 10.0. The number of fused-ring (bicyclic) bond motifs is 1. The van der Waals surface area contributed by atoms with Gasteiger partial charge in [-0.1, -0.05) is 18.2 Å². The molecule has 0 spiro atoms. The third kappa shape index (κ3) is 3.66. The zero-order valence-corrected chi connectivity index (χ0v) is 16.3. The Bertz CT molecular complexity index is 1030. The predicted octanol–water partition coefficient (Wildman–Crippen LogP) is 3.85. The van der Waals surface area contributed by atoms with Gasteiger partial charge in [0.2, 0.25) is 0 Å². The van der Waals surface area contributed by atoms with Crippen molar-refractivity contribution in [2.24, 2.45) is 0 Å². The molecular formula is C22H22FN3O4. The highest BCUT2D eigenvalue weighted by molar-refractivity contribution is 5.90. The van der Waals surface area contributed by atoms with Gasteiger partial charge in [-0.15, -0.1) is 0 Å². The molecule has 0 unspecified atom stereocenters. The predicted molar refractivity (Wildman–Crippen MR) is 112 cm³/mol. The maximum atomic E-state index is 14.7. The first-order valence-corrected chi connectivity index (χ1v) is 10.0. The number of amides is 1. The Balaban J connectivity index is 1.23. The summed E-state index contributed by atoms with van der Waals surface area (Å²) in [5.41, 5.74) is 1.80. The van der Waals surface area contributed by atoms with Crippen molar-refractivity contribution >= 4 is 34.3 Å². The van der Waals surface area contributed by atoms with Crippen LogP contribution in [0.3, 0.4) is 0 Å². The van der Waals surface area contributed by atoms with Crippen LogP contribution in [0.15, 0.2) is 52.9 Å². The molecule has 2 aliphatic heterocycles. The fourth-order valence-electron chi connectivity index (χ4n) is 3.85. The van der Waals surface area contributed by atoms with E-state index in [1.54, 1.807) is 12.1 Å². The van der Waals surface area contributed by atoms with E-state index < -0.39 is 6.09 Å². The summed E-state index contributed by atoms with van der Waals surface area (Å²) >= 11 is 0. The van der Waals surface area contributed by atoms with Crippen molar-refractivity contribution in [1.82, 2.24) is 0 Å². The maximum absolute atomic E-state index is 14.7. The van der Waals surface area contributed by atoms with Gasteiger partial charge in [-0.05, 0) is 24.3 Å². The summed E-state index contributed by atoms with van der Waals surface area (Å²) in [7, 11) is 0. The second-order valence-electron chi connectivity index (χ2n) is 7.38. The summed E-state index contributed by atoms with van der Waals surface area (Å²) in [4.78, 5) is 15.7. The topological polar surface area (TPSA) is 67.2 Å². The Morgan fingerprint density at radius 3 is 2.73 bits per heavy atom. The van der Waals surface area contributed by atoms with Gasteiger partial charge in [-0.2, -0.15) is 0 Å². The largest absolute Gasteiger partial charge is 0.442 e. The molecule has 0 saturated carbocycles. The number of anilines is 3. The third-order valence-corrected chi connectivity index (χ3v) is 5.40. The minimum absolute atomic E-state index is 0.336. The average molecular weight is 411 g/mol. The highest BCUT2D eigenvalue weighted by Gasteiger charge is 2.33. The van der Waals surface area contributed by atoms with E-state index in [1.165, 1.54) is 11.0 Å². The van der Waals surface area contributed by atoms with Crippen molar-refractivity contribution in [2.45, 2.75) is 6.10 Å². The zero-order valence-electron chi connectivity index (χ0n) is 16.3. The molecule has 2 saturated heterocycles. The Morgan fingerprint density at radius 1 is 1.10 bits per heavy atom. The summed E-state index contributed by atoms with van der Waals surface area (Å²) < 4.78 is 31.2. The number of hydrogen-bond donors (Lipinski definition) is 1. The van der Waals surface area contributed by atoms with Gasteiger partial charge >= 0.3 is 6.09 Å². The Morgan fingerprint density at radius 2 is 1.93 bits per heavy atom. The molecule has 2 aliphatic rings. The molecule has 3 aromatic rings. The van der Waals surface area contributed by atoms with E-state index >= 15 is 0 Å². The molecule has 5 rings (SSSR count). The van der Waals surface area contributed by atoms with E-state index in [1.807, 2.05) is 35.2 Å². The van der Waals surface area contributed by atoms with Crippen molar-refractivity contribution in [1.29, 1.82) is 0 Å². The highest BCUT2D eigenvalue weighted by Crippen LogP contribution is 2.29. The third-order valence-electron chi connectivity index (χ3n) is 5.40. The standard InChI is InChI=1S/C22H22FN3O4/c23-18-12-16(5-6-19(18)25-7-9-28-10-8-25)26-14-17(29-22(26)27)13-24-21-11-15-3-1-2-4-20(15)30-21/h1-6,11-12,17,24H,7-10,13-14H2/t17-/m0/s1.